The van der Waals surface area contributed by atoms with E-state index in [1.165, 1.54) is 7.11 Å². The maximum absolute atomic E-state index is 12.4. The Kier molecular flexibility index (Phi) is 17.2. The molecule has 1 aliphatic carbocycles. The lowest BCUT2D eigenvalue weighted by molar-refractivity contribution is -0.282. The number of aliphatic hydroxyl groups excluding tert-OH is 2. The molecule has 43 heavy (non-hydrogen) atoms. The van der Waals surface area contributed by atoms with Gasteiger partial charge < -0.3 is 49.8 Å². The van der Waals surface area contributed by atoms with Crippen molar-refractivity contribution in [3.05, 3.63) is 0 Å². The molecule has 0 aromatic carbocycles. The molecule has 1 saturated carbocycles. The van der Waals surface area contributed by atoms with Crippen LogP contribution >= 0.6 is 0 Å². The predicted molar refractivity (Wildman–Crippen MR) is 154 cm³/mol. The lowest BCUT2D eigenvalue weighted by Gasteiger charge is -2.40. The summed E-state index contributed by atoms with van der Waals surface area (Å²) in [6.07, 6.45) is 0.864. The number of ketones is 1. The minimum atomic E-state index is -1.15. The molecule has 5 N–H and O–H groups in total. The maximum Gasteiger partial charge on any atom is 0.246 e. The molecule has 1 saturated heterocycles. The molecule has 0 aromatic rings. The van der Waals surface area contributed by atoms with Crippen LogP contribution < -0.4 is 16.0 Å². The quantitative estimate of drug-likeness (QED) is 0.110. The van der Waals surface area contributed by atoms with Crippen molar-refractivity contribution in [3.8, 4) is 0 Å². The molecule has 0 bridgehead atoms. The van der Waals surface area contributed by atoms with Gasteiger partial charge in [-0.3, -0.25) is 19.2 Å². The summed E-state index contributed by atoms with van der Waals surface area (Å²) in [6.45, 7) is 6.43. The van der Waals surface area contributed by atoms with Crippen LogP contribution in [0.3, 0.4) is 0 Å². The van der Waals surface area contributed by atoms with E-state index in [0.29, 0.717) is 26.2 Å². The fourth-order valence-electron chi connectivity index (χ4n) is 4.93. The number of carbonyl (C=O) groups is 4. The number of nitrogens with one attached hydrogen (secondary N) is 3. The first-order valence-corrected chi connectivity index (χ1v) is 15.2. The highest BCUT2D eigenvalue weighted by Crippen LogP contribution is 2.26. The van der Waals surface area contributed by atoms with Gasteiger partial charge in [0.1, 0.15) is 18.8 Å². The van der Waals surface area contributed by atoms with Crippen molar-refractivity contribution >= 4 is 23.5 Å². The number of Topliss-reactive ketones (excluding diaryl/α,β-unsaturated/α-hetero) is 1. The van der Waals surface area contributed by atoms with Gasteiger partial charge in [0.15, 0.2) is 12.1 Å². The molecule has 2 rings (SSSR count). The van der Waals surface area contributed by atoms with Gasteiger partial charge in [0, 0.05) is 38.5 Å². The molecule has 248 valence electrons. The summed E-state index contributed by atoms with van der Waals surface area (Å²) in [6, 6.07) is -1.35. The second-order valence-corrected chi connectivity index (χ2v) is 11.2. The number of amides is 3. The van der Waals surface area contributed by atoms with Crippen LogP contribution in [0, 0.1) is 11.8 Å². The van der Waals surface area contributed by atoms with Crippen LogP contribution in [0.1, 0.15) is 59.3 Å². The fourth-order valence-corrected chi connectivity index (χ4v) is 4.93. The van der Waals surface area contributed by atoms with Crippen molar-refractivity contribution in [2.24, 2.45) is 11.8 Å². The highest BCUT2D eigenvalue weighted by Gasteiger charge is 2.42. The van der Waals surface area contributed by atoms with Crippen LogP contribution in [0.2, 0.25) is 0 Å². The van der Waals surface area contributed by atoms with E-state index in [0.717, 1.165) is 25.7 Å². The number of aliphatic hydroxyl groups is 2. The van der Waals surface area contributed by atoms with E-state index in [1.54, 1.807) is 20.8 Å². The third-order valence-corrected chi connectivity index (χ3v) is 7.78. The zero-order chi connectivity index (χ0) is 31.8. The van der Waals surface area contributed by atoms with Gasteiger partial charge in [0.2, 0.25) is 17.7 Å². The summed E-state index contributed by atoms with van der Waals surface area (Å²) in [5.74, 6) is -1.34. The normalized spacial score (nSPS) is 25.6. The Morgan fingerprint density at radius 3 is 2.26 bits per heavy atom. The molecule has 2 aliphatic rings. The molecule has 7 atom stereocenters. The Balaban J connectivity index is 1.43. The van der Waals surface area contributed by atoms with Gasteiger partial charge in [-0.1, -0.05) is 19.8 Å². The SMILES string of the molecule is CO[C@@H]1OC(COCC(=O)NCCOCCOCCCC(=O)C(C)NC(=O)C(C)NC(=O)C2CCCC2)[C@@H](C)[C@H](O)C1O. The molecule has 14 nitrogen and oxygen atoms in total. The summed E-state index contributed by atoms with van der Waals surface area (Å²) in [5.41, 5.74) is 0. The summed E-state index contributed by atoms with van der Waals surface area (Å²) in [5, 5.41) is 28.1. The minimum absolute atomic E-state index is 0.0245. The van der Waals surface area contributed by atoms with E-state index in [4.69, 9.17) is 23.7 Å². The smallest absolute Gasteiger partial charge is 0.246 e. The molecule has 2 fully saturated rings. The first-order valence-electron chi connectivity index (χ1n) is 15.2. The van der Waals surface area contributed by atoms with Crippen LogP contribution in [0.15, 0.2) is 0 Å². The largest absolute Gasteiger partial charge is 0.390 e. The van der Waals surface area contributed by atoms with Gasteiger partial charge in [0.25, 0.3) is 0 Å². The van der Waals surface area contributed by atoms with Crippen molar-refractivity contribution in [3.63, 3.8) is 0 Å². The van der Waals surface area contributed by atoms with Crippen LogP contribution in [0.5, 0.6) is 0 Å². The van der Waals surface area contributed by atoms with E-state index in [-0.39, 0.29) is 62.2 Å². The van der Waals surface area contributed by atoms with E-state index < -0.39 is 42.6 Å². The molecule has 0 spiro atoms. The second-order valence-electron chi connectivity index (χ2n) is 11.2. The first kappa shape index (κ1) is 37.0. The lowest BCUT2D eigenvalue weighted by atomic mass is 9.91. The summed E-state index contributed by atoms with van der Waals surface area (Å²) >= 11 is 0. The molecule has 14 heteroatoms. The van der Waals surface area contributed by atoms with Crippen molar-refractivity contribution in [1.29, 1.82) is 0 Å². The number of hydrogen-bond donors (Lipinski definition) is 5. The zero-order valence-electron chi connectivity index (χ0n) is 25.9. The summed E-state index contributed by atoms with van der Waals surface area (Å²) in [4.78, 5) is 48.9. The van der Waals surface area contributed by atoms with E-state index in [9.17, 15) is 29.4 Å². The summed E-state index contributed by atoms with van der Waals surface area (Å²) in [7, 11) is 1.37. The lowest BCUT2D eigenvalue weighted by Crippen LogP contribution is -2.55. The van der Waals surface area contributed by atoms with Crippen LogP contribution in [0.25, 0.3) is 0 Å². The standard InChI is InChI=1S/C29H51N3O11/c1-18-23(43-29(39-4)26(36)25(18)35)16-42-17-24(34)30-11-13-41-15-14-40-12-7-10-22(33)19(2)31-27(37)20(3)32-28(38)21-8-5-6-9-21/h18-21,23,25-26,29,35-36H,5-17H2,1-4H3,(H,30,34)(H,31,37)(H,32,38)/t18-,19?,20?,23?,25+,26?,29-/m1/s1. The molecule has 4 unspecified atom stereocenters. The molecule has 1 heterocycles. The molecular formula is C29H51N3O11. The van der Waals surface area contributed by atoms with E-state index >= 15 is 0 Å². The number of hydrogen-bond acceptors (Lipinski definition) is 11. The van der Waals surface area contributed by atoms with Gasteiger partial charge in [-0.2, -0.15) is 0 Å². The van der Waals surface area contributed by atoms with Gasteiger partial charge in [-0.15, -0.1) is 0 Å². The highest BCUT2D eigenvalue weighted by molar-refractivity contribution is 5.92. The monoisotopic (exact) mass is 617 g/mol. The Morgan fingerprint density at radius 1 is 0.907 bits per heavy atom. The number of rotatable bonds is 20. The Labute approximate surface area is 253 Å². The summed E-state index contributed by atoms with van der Waals surface area (Å²) < 4.78 is 26.9. The van der Waals surface area contributed by atoms with Gasteiger partial charge in [-0.05, 0) is 33.1 Å². The van der Waals surface area contributed by atoms with Crippen LogP contribution in [-0.4, -0.2) is 124 Å². The third kappa shape index (κ3) is 13.1. The first-order chi connectivity index (χ1) is 20.5. The van der Waals surface area contributed by atoms with Crippen LogP contribution in [-0.2, 0) is 42.9 Å². The Morgan fingerprint density at radius 2 is 1.58 bits per heavy atom. The predicted octanol–water partition coefficient (Wildman–Crippen LogP) is -0.569. The Hall–Kier alpha value is -2.20. The van der Waals surface area contributed by atoms with Crippen molar-refractivity contribution in [2.45, 2.75) is 96.0 Å². The van der Waals surface area contributed by atoms with Crippen molar-refractivity contribution < 1.29 is 53.1 Å². The third-order valence-electron chi connectivity index (χ3n) is 7.78. The van der Waals surface area contributed by atoms with Gasteiger partial charge in [0.05, 0.1) is 44.7 Å². The second kappa shape index (κ2) is 20.0. The van der Waals surface area contributed by atoms with Gasteiger partial charge >= 0.3 is 0 Å². The van der Waals surface area contributed by atoms with Crippen molar-refractivity contribution in [2.75, 3.05) is 53.3 Å². The molecule has 3 amide bonds. The average molecular weight is 618 g/mol. The van der Waals surface area contributed by atoms with Gasteiger partial charge in [-0.25, -0.2) is 0 Å². The van der Waals surface area contributed by atoms with E-state index in [1.807, 2.05) is 0 Å². The molecule has 0 aromatic heterocycles. The Bertz CT molecular complexity index is 869. The molecule has 1 aliphatic heterocycles. The molecule has 0 radical (unpaired) electrons. The molecular weight excluding hydrogens is 566 g/mol. The number of ether oxygens (including phenoxy) is 5. The topological polar surface area (TPSA) is 191 Å². The highest BCUT2D eigenvalue weighted by atomic mass is 16.7. The fraction of sp³-hybridized carbons (Fsp3) is 0.862. The minimum Gasteiger partial charge on any atom is -0.390 e. The average Bonchev–Trinajstić information content (AvgIpc) is 3.53. The van der Waals surface area contributed by atoms with E-state index in [2.05, 4.69) is 16.0 Å². The number of carbonyl (C=O) groups excluding carboxylic acids is 4. The zero-order valence-corrected chi connectivity index (χ0v) is 25.9. The van der Waals surface area contributed by atoms with Crippen molar-refractivity contribution in [1.82, 2.24) is 16.0 Å². The number of methoxy groups -OCH3 is 1. The maximum atomic E-state index is 12.4. The van der Waals surface area contributed by atoms with Crippen LogP contribution in [0.4, 0.5) is 0 Å².